The number of hydrogen-bond acceptors (Lipinski definition) is 5. The molecule has 2 N–H and O–H groups in total. The maximum Gasteiger partial charge on any atom is 0.573 e. The first-order valence-electron chi connectivity index (χ1n) is 9.48. The van der Waals surface area contributed by atoms with Gasteiger partial charge in [0.25, 0.3) is 0 Å². The van der Waals surface area contributed by atoms with E-state index < -0.39 is 28.0 Å². The molecule has 0 heterocycles. The third-order valence-corrected chi connectivity index (χ3v) is 5.41. The molecule has 0 aliphatic carbocycles. The molecule has 1 amide bonds. The highest BCUT2D eigenvalue weighted by Crippen LogP contribution is 2.25. The second-order valence-corrected chi connectivity index (χ2v) is 8.18. The summed E-state index contributed by atoms with van der Waals surface area (Å²) >= 11 is 0. The van der Waals surface area contributed by atoms with Crippen LogP contribution in [-0.4, -0.2) is 33.8 Å². The number of ether oxygens (including phenoxy) is 2. The van der Waals surface area contributed by atoms with Crippen LogP contribution in [0.25, 0.3) is 0 Å². The smallest absolute Gasteiger partial charge is 0.491 e. The Kier molecular flexibility index (Phi) is 8.69. The summed E-state index contributed by atoms with van der Waals surface area (Å²) in [5, 5.41) is 2.67. The third kappa shape index (κ3) is 8.46. The first kappa shape index (κ1) is 24.5. The van der Waals surface area contributed by atoms with Gasteiger partial charge in [-0.2, -0.15) is 0 Å². The molecule has 0 aliphatic heterocycles. The Labute approximate surface area is 178 Å². The van der Waals surface area contributed by atoms with Gasteiger partial charge in [0.15, 0.2) is 0 Å². The van der Waals surface area contributed by atoms with Gasteiger partial charge in [0.1, 0.15) is 11.5 Å². The summed E-state index contributed by atoms with van der Waals surface area (Å²) in [6.45, 7) is 2.34. The Morgan fingerprint density at radius 2 is 1.74 bits per heavy atom. The van der Waals surface area contributed by atoms with Crippen LogP contribution in [0.3, 0.4) is 0 Å². The van der Waals surface area contributed by atoms with Crippen molar-refractivity contribution in [3.05, 3.63) is 48.5 Å². The molecule has 0 aromatic heterocycles. The fraction of sp³-hybridized carbons (Fsp3) is 0.350. The average Bonchev–Trinajstić information content (AvgIpc) is 2.68. The molecule has 7 nitrogen and oxygen atoms in total. The first-order valence-corrected chi connectivity index (χ1v) is 11.0. The van der Waals surface area contributed by atoms with E-state index in [-0.39, 0.29) is 17.9 Å². The normalized spacial score (nSPS) is 11.7. The predicted octanol–water partition coefficient (Wildman–Crippen LogP) is 4.07. The summed E-state index contributed by atoms with van der Waals surface area (Å²) in [5.74, 6) is -0.445. The number of para-hydroxylation sites is 2. The summed E-state index contributed by atoms with van der Waals surface area (Å²) in [5.41, 5.74) is 0.478. The molecule has 0 atom stereocenters. The second kappa shape index (κ2) is 11.0. The largest absolute Gasteiger partial charge is 0.573 e. The Morgan fingerprint density at radius 3 is 2.39 bits per heavy atom. The third-order valence-electron chi connectivity index (χ3n) is 3.93. The number of rotatable bonds is 11. The van der Waals surface area contributed by atoms with Crippen molar-refractivity contribution in [2.75, 3.05) is 18.5 Å². The van der Waals surface area contributed by atoms with Gasteiger partial charge in [-0.05, 0) is 42.8 Å². The van der Waals surface area contributed by atoms with Crippen LogP contribution in [0.2, 0.25) is 0 Å². The van der Waals surface area contributed by atoms with Crippen molar-refractivity contribution in [3.8, 4) is 11.5 Å². The molecule has 0 spiro atoms. The van der Waals surface area contributed by atoms with E-state index in [2.05, 4.69) is 14.8 Å². The minimum Gasteiger partial charge on any atom is -0.491 e. The van der Waals surface area contributed by atoms with Crippen molar-refractivity contribution >= 4 is 21.6 Å². The van der Waals surface area contributed by atoms with Gasteiger partial charge in [-0.1, -0.05) is 25.5 Å². The Balaban J connectivity index is 1.88. The molecule has 0 bridgehead atoms. The van der Waals surface area contributed by atoms with Gasteiger partial charge in [-0.25, -0.2) is 13.1 Å². The van der Waals surface area contributed by atoms with Gasteiger partial charge in [-0.15, -0.1) is 13.2 Å². The molecule has 11 heteroatoms. The molecular weight excluding hydrogens is 437 g/mol. The lowest BCUT2D eigenvalue weighted by atomic mass is 10.2. The first-order chi connectivity index (χ1) is 14.6. The molecule has 170 valence electrons. The van der Waals surface area contributed by atoms with Gasteiger partial charge >= 0.3 is 6.36 Å². The van der Waals surface area contributed by atoms with Gasteiger partial charge < -0.3 is 14.8 Å². The summed E-state index contributed by atoms with van der Waals surface area (Å²) in [7, 11) is -4.00. The number of benzene rings is 2. The van der Waals surface area contributed by atoms with Crippen molar-refractivity contribution < 1.29 is 35.9 Å². The van der Waals surface area contributed by atoms with Crippen molar-refractivity contribution in [1.29, 1.82) is 0 Å². The molecule has 31 heavy (non-hydrogen) atoms. The predicted molar refractivity (Wildman–Crippen MR) is 108 cm³/mol. The Bertz CT molecular complexity index is 964. The lowest BCUT2D eigenvalue weighted by Gasteiger charge is -2.12. The number of sulfonamides is 1. The summed E-state index contributed by atoms with van der Waals surface area (Å²) in [4.78, 5) is 11.9. The lowest BCUT2D eigenvalue weighted by molar-refractivity contribution is -0.274. The number of alkyl halides is 3. The molecule has 0 saturated heterocycles. The Morgan fingerprint density at radius 1 is 1.06 bits per heavy atom. The summed E-state index contributed by atoms with van der Waals surface area (Å²) < 4.78 is 72.6. The summed E-state index contributed by atoms with van der Waals surface area (Å²) in [6.07, 6.45) is -3.19. The minimum absolute atomic E-state index is 0.155. The van der Waals surface area contributed by atoms with Gasteiger partial charge in [0.05, 0.1) is 17.2 Å². The fourth-order valence-electron chi connectivity index (χ4n) is 2.44. The maximum absolute atomic E-state index is 12.2. The highest BCUT2D eigenvalue weighted by molar-refractivity contribution is 7.89. The maximum atomic E-state index is 12.2. The monoisotopic (exact) mass is 460 g/mol. The topological polar surface area (TPSA) is 93.7 Å². The molecule has 0 aliphatic rings. The summed E-state index contributed by atoms with van der Waals surface area (Å²) in [6, 6.07) is 10.6. The van der Waals surface area contributed by atoms with Crippen molar-refractivity contribution in [3.63, 3.8) is 0 Å². The highest BCUT2D eigenvalue weighted by Gasteiger charge is 2.31. The van der Waals surface area contributed by atoms with Crippen LogP contribution in [0.5, 0.6) is 11.5 Å². The quantitative estimate of drug-likeness (QED) is 0.493. The molecule has 0 radical (unpaired) electrons. The van der Waals surface area contributed by atoms with Crippen molar-refractivity contribution in [1.82, 2.24) is 4.72 Å². The number of amides is 1. The zero-order chi connectivity index (χ0) is 22.9. The van der Waals surface area contributed by atoms with E-state index in [1.165, 1.54) is 0 Å². The number of nitrogens with one attached hydrogen (secondary N) is 2. The zero-order valence-corrected chi connectivity index (χ0v) is 17.6. The Hall–Kier alpha value is -2.79. The number of carbonyl (C=O) groups excluding carboxylic acids is 1. The number of anilines is 1. The number of hydrogen-bond donors (Lipinski definition) is 2. The van der Waals surface area contributed by atoms with Crippen LogP contribution in [-0.2, 0) is 14.8 Å². The lowest BCUT2D eigenvalue weighted by Crippen LogP contribution is -2.28. The number of halogens is 3. The van der Waals surface area contributed by atoms with Crippen LogP contribution >= 0.6 is 0 Å². The standard InChI is InChI=1S/C20H23F3N2O5S/c1-2-3-14-29-18-7-5-4-6-17(18)25-19(26)12-13-24-31(27,28)16-10-8-15(9-11-16)30-20(21,22)23/h4-11,24H,2-3,12-14H2,1H3,(H,25,26). The molecule has 2 aromatic carbocycles. The molecule has 0 saturated carbocycles. The van der Waals surface area contributed by atoms with Crippen LogP contribution in [0.1, 0.15) is 26.2 Å². The molecule has 2 rings (SSSR count). The number of unbranched alkanes of at least 4 members (excludes halogenated alkanes) is 1. The molecule has 0 fully saturated rings. The van der Waals surface area contributed by atoms with Crippen LogP contribution in [0.15, 0.2) is 53.4 Å². The van der Waals surface area contributed by atoms with E-state index in [9.17, 15) is 26.4 Å². The number of carbonyl (C=O) groups is 1. The van der Waals surface area contributed by atoms with Gasteiger partial charge in [0.2, 0.25) is 15.9 Å². The van der Waals surface area contributed by atoms with E-state index in [4.69, 9.17) is 4.74 Å². The van der Waals surface area contributed by atoms with E-state index in [1.54, 1.807) is 24.3 Å². The van der Waals surface area contributed by atoms with Crippen LogP contribution in [0.4, 0.5) is 18.9 Å². The van der Waals surface area contributed by atoms with Crippen LogP contribution in [0, 0.1) is 0 Å². The minimum atomic E-state index is -4.87. The highest BCUT2D eigenvalue weighted by atomic mass is 32.2. The van der Waals surface area contributed by atoms with Crippen molar-refractivity contribution in [2.45, 2.75) is 37.4 Å². The fourth-order valence-corrected chi connectivity index (χ4v) is 3.47. The van der Waals surface area contributed by atoms with E-state index in [1.807, 2.05) is 6.92 Å². The second-order valence-electron chi connectivity index (χ2n) is 6.41. The van der Waals surface area contributed by atoms with E-state index >= 15 is 0 Å². The van der Waals surface area contributed by atoms with Gasteiger partial charge in [-0.3, -0.25) is 4.79 Å². The van der Waals surface area contributed by atoms with Crippen LogP contribution < -0.4 is 19.5 Å². The van der Waals surface area contributed by atoms with Crippen molar-refractivity contribution in [2.24, 2.45) is 0 Å². The van der Waals surface area contributed by atoms with E-state index in [0.29, 0.717) is 18.0 Å². The zero-order valence-electron chi connectivity index (χ0n) is 16.7. The van der Waals surface area contributed by atoms with E-state index in [0.717, 1.165) is 37.1 Å². The molecule has 2 aromatic rings. The average molecular weight is 460 g/mol. The SMILES string of the molecule is CCCCOc1ccccc1NC(=O)CCNS(=O)(=O)c1ccc(OC(F)(F)F)cc1. The molecule has 0 unspecified atom stereocenters. The van der Waals surface area contributed by atoms with Gasteiger partial charge in [0, 0.05) is 13.0 Å². The molecular formula is C20H23F3N2O5S.